The Kier molecular flexibility index (Phi) is 2.42. The average Bonchev–Trinajstić information content (AvgIpc) is 3.00. The van der Waals surface area contributed by atoms with Crippen molar-refractivity contribution in [1.82, 2.24) is 24.5 Å². The number of H-pyrrole nitrogens is 1. The zero-order valence-electron chi connectivity index (χ0n) is 9.11. The molecule has 1 N–H and O–H groups in total. The summed E-state index contributed by atoms with van der Waals surface area (Å²) in [4.78, 5) is 15.7. The fourth-order valence-electron chi connectivity index (χ4n) is 1.73. The van der Waals surface area contributed by atoms with E-state index in [-0.39, 0.29) is 0 Å². The summed E-state index contributed by atoms with van der Waals surface area (Å²) in [5.74, 6) is 1.61. The van der Waals surface area contributed by atoms with Crippen molar-refractivity contribution in [2.45, 2.75) is 6.54 Å². The standard InChI is InChI=1S/C12H11N5/c1-2-10(8-13-3-1)9-17-7-6-16-12(17)11-14-4-5-15-11/h1-8H,9H2,(H,14,15). The molecule has 5 nitrogen and oxygen atoms in total. The van der Waals surface area contributed by atoms with E-state index in [2.05, 4.69) is 19.9 Å². The maximum Gasteiger partial charge on any atom is 0.176 e. The molecule has 0 aliphatic rings. The molecule has 3 heterocycles. The van der Waals surface area contributed by atoms with Crippen molar-refractivity contribution >= 4 is 0 Å². The highest BCUT2D eigenvalue weighted by molar-refractivity contribution is 5.43. The lowest BCUT2D eigenvalue weighted by molar-refractivity contribution is 0.797. The first-order valence-corrected chi connectivity index (χ1v) is 5.33. The fraction of sp³-hybridized carbons (Fsp3) is 0.0833. The van der Waals surface area contributed by atoms with E-state index >= 15 is 0 Å². The number of hydrogen-bond acceptors (Lipinski definition) is 3. The van der Waals surface area contributed by atoms with E-state index in [1.807, 2.05) is 29.1 Å². The number of nitrogens with one attached hydrogen (secondary N) is 1. The zero-order valence-corrected chi connectivity index (χ0v) is 9.11. The van der Waals surface area contributed by atoms with Crippen LogP contribution in [0, 0.1) is 0 Å². The Morgan fingerprint density at radius 2 is 2.18 bits per heavy atom. The van der Waals surface area contributed by atoms with Gasteiger partial charge in [-0.05, 0) is 11.6 Å². The summed E-state index contributed by atoms with van der Waals surface area (Å²) in [6, 6.07) is 3.97. The van der Waals surface area contributed by atoms with E-state index in [9.17, 15) is 0 Å². The molecule has 17 heavy (non-hydrogen) atoms. The van der Waals surface area contributed by atoms with Gasteiger partial charge in [0.2, 0.25) is 0 Å². The zero-order chi connectivity index (χ0) is 11.5. The predicted molar refractivity (Wildman–Crippen MR) is 63.1 cm³/mol. The fourth-order valence-corrected chi connectivity index (χ4v) is 1.73. The minimum atomic E-state index is 0.740. The van der Waals surface area contributed by atoms with Crippen LogP contribution in [0.15, 0.2) is 49.3 Å². The molecule has 0 saturated carbocycles. The van der Waals surface area contributed by atoms with Crippen LogP contribution in [0.4, 0.5) is 0 Å². The van der Waals surface area contributed by atoms with Crippen LogP contribution in [-0.4, -0.2) is 24.5 Å². The number of aromatic amines is 1. The highest BCUT2D eigenvalue weighted by Gasteiger charge is 2.07. The Labute approximate surface area is 98.2 Å². The lowest BCUT2D eigenvalue weighted by Gasteiger charge is -2.05. The summed E-state index contributed by atoms with van der Waals surface area (Å²) < 4.78 is 2.04. The van der Waals surface area contributed by atoms with E-state index in [0.29, 0.717) is 0 Å². The number of rotatable bonds is 3. The Hall–Kier alpha value is -2.43. The topological polar surface area (TPSA) is 59.4 Å². The van der Waals surface area contributed by atoms with Gasteiger partial charge in [0, 0.05) is 37.2 Å². The number of aromatic nitrogens is 5. The first kappa shape index (κ1) is 9.77. The Bertz CT molecular complexity index is 582. The van der Waals surface area contributed by atoms with Crippen LogP contribution in [-0.2, 0) is 6.54 Å². The monoisotopic (exact) mass is 225 g/mol. The molecule has 0 spiro atoms. The van der Waals surface area contributed by atoms with E-state index in [0.717, 1.165) is 23.8 Å². The summed E-state index contributed by atoms with van der Waals surface area (Å²) >= 11 is 0. The molecule has 3 aromatic heterocycles. The van der Waals surface area contributed by atoms with Crippen LogP contribution in [0.25, 0.3) is 11.6 Å². The highest BCUT2D eigenvalue weighted by atomic mass is 15.1. The predicted octanol–water partition coefficient (Wildman–Crippen LogP) is 1.72. The average molecular weight is 225 g/mol. The maximum absolute atomic E-state index is 4.30. The van der Waals surface area contributed by atoms with Crippen molar-refractivity contribution in [2.75, 3.05) is 0 Å². The lowest BCUT2D eigenvalue weighted by Crippen LogP contribution is -2.02. The van der Waals surface area contributed by atoms with Crippen molar-refractivity contribution in [3.63, 3.8) is 0 Å². The van der Waals surface area contributed by atoms with Gasteiger partial charge < -0.3 is 9.55 Å². The second kappa shape index (κ2) is 4.21. The van der Waals surface area contributed by atoms with Gasteiger partial charge in [0.05, 0.1) is 6.54 Å². The molecule has 0 atom stereocenters. The van der Waals surface area contributed by atoms with Crippen molar-refractivity contribution in [3.05, 3.63) is 54.9 Å². The molecule has 0 fully saturated rings. The van der Waals surface area contributed by atoms with Crippen molar-refractivity contribution in [3.8, 4) is 11.6 Å². The summed E-state index contributed by atoms with van der Waals surface area (Å²) in [6.07, 6.45) is 10.8. The SMILES string of the molecule is c1cncc(Cn2ccnc2-c2ncc[nH]2)c1. The molecule has 0 unspecified atom stereocenters. The van der Waals surface area contributed by atoms with Gasteiger partial charge >= 0.3 is 0 Å². The molecule has 5 heteroatoms. The van der Waals surface area contributed by atoms with Crippen LogP contribution in [0.1, 0.15) is 5.56 Å². The van der Waals surface area contributed by atoms with Crippen LogP contribution in [0.3, 0.4) is 0 Å². The van der Waals surface area contributed by atoms with Crippen LogP contribution in [0.2, 0.25) is 0 Å². The Morgan fingerprint density at radius 1 is 1.18 bits per heavy atom. The summed E-state index contributed by atoms with van der Waals surface area (Å²) in [5, 5.41) is 0. The second-order valence-corrected chi connectivity index (χ2v) is 3.68. The largest absolute Gasteiger partial charge is 0.342 e. The van der Waals surface area contributed by atoms with E-state index in [4.69, 9.17) is 0 Å². The van der Waals surface area contributed by atoms with E-state index in [1.54, 1.807) is 24.8 Å². The van der Waals surface area contributed by atoms with Gasteiger partial charge in [-0.25, -0.2) is 9.97 Å². The third-order valence-electron chi connectivity index (χ3n) is 2.50. The Morgan fingerprint density at radius 3 is 2.94 bits per heavy atom. The van der Waals surface area contributed by atoms with Gasteiger partial charge in [-0.2, -0.15) is 0 Å². The van der Waals surface area contributed by atoms with Crippen LogP contribution < -0.4 is 0 Å². The molecular formula is C12H11N5. The minimum absolute atomic E-state index is 0.740. The van der Waals surface area contributed by atoms with E-state index in [1.165, 1.54) is 0 Å². The highest BCUT2D eigenvalue weighted by Crippen LogP contribution is 2.13. The van der Waals surface area contributed by atoms with E-state index < -0.39 is 0 Å². The van der Waals surface area contributed by atoms with Gasteiger partial charge in [0.25, 0.3) is 0 Å². The minimum Gasteiger partial charge on any atom is -0.342 e. The third-order valence-corrected chi connectivity index (χ3v) is 2.50. The Balaban J connectivity index is 1.92. The van der Waals surface area contributed by atoms with Gasteiger partial charge in [-0.1, -0.05) is 6.07 Å². The number of nitrogens with zero attached hydrogens (tertiary/aromatic N) is 4. The molecule has 0 aliphatic carbocycles. The van der Waals surface area contributed by atoms with Crippen molar-refractivity contribution < 1.29 is 0 Å². The molecule has 0 aromatic carbocycles. The van der Waals surface area contributed by atoms with Gasteiger partial charge in [-0.15, -0.1) is 0 Å². The smallest absolute Gasteiger partial charge is 0.176 e. The molecular weight excluding hydrogens is 214 g/mol. The number of imidazole rings is 2. The quantitative estimate of drug-likeness (QED) is 0.738. The summed E-state index contributed by atoms with van der Waals surface area (Å²) in [5.41, 5.74) is 1.14. The maximum atomic E-state index is 4.30. The number of pyridine rings is 1. The summed E-state index contributed by atoms with van der Waals surface area (Å²) in [6.45, 7) is 0.740. The number of hydrogen-bond donors (Lipinski definition) is 1. The van der Waals surface area contributed by atoms with Crippen LogP contribution in [0.5, 0.6) is 0 Å². The molecule has 3 aromatic rings. The van der Waals surface area contributed by atoms with Gasteiger partial charge in [-0.3, -0.25) is 4.98 Å². The normalized spacial score (nSPS) is 10.6. The first-order chi connectivity index (χ1) is 8.43. The molecule has 0 bridgehead atoms. The molecule has 0 radical (unpaired) electrons. The van der Waals surface area contributed by atoms with Crippen LogP contribution >= 0.6 is 0 Å². The molecule has 3 rings (SSSR count). The molecule has 0 saturated heterocycles. The summed E-state index contributed by atoms with van der Waals surface area (Å²) in [7, 11) is 0. The van der Waals surface area contributed by atoms with Gasteiger partial charge in [0.15, 0.2) is 11.6 Å². The lowest BCUT2D eigenvalue weighted by atomic mass is 10.3. The molecule has 84 valence electrons. The second-order valence-electron chi connectivity index (χ2n) is 3.68. The molecule has 0 amide bonds. The third kappa shape index (κ3) is 1.94. The van der Waals surface area contributed by atoms with Crippen molar-refractivity contribution in [2.24, 2.45) is 0 Å². The first-order valence-electron chi connectivity index (χ1n) is 5.33. The van der Waals surface area contributed by atoms with Gasteiger partial charge in [0.1, 0.15) is 0 Å². The van der Waals surface area contributed by atoms with Crippen molar-refractivity contribution in [1.29, 1.82) is 0 Å². The molecule has 0 aliphatic heterocycles.